The molecule has 0 atom stereocenters. The summed E-state index contributed by atoms with van der Waals surface area (Å²) in [7, 11) is 3.19. The first kappa shape index (κ1) is 12.2. The van der Waals surface area contributed by atoms with E-state index in [-0.39, 0.29) is 13.2 Å². The van der Waals surface area contributed by atoms with E-state index in [0.717, 1.165) is 10.8 Å². The van der Waals surface area contributed by atoms with E-state index in [1.807, 2.05) is 18.2 Å². The molecule has 0 radical (unpaired) electrons. The van der Waals surface area contributed by atoms with Crippen LogP contribution in [0.15, 0.2) is 30.3 Å². The molecule has 0 unspecified atom stereocenters. The van der Waals surface area contributed by atoms with E-state index in [2.05, 4.69) is 0 Å². The fraction of sp³-hybridized carbons (Fsp3) is 0.231. The molecule has 0 aliphatic carbocycles. The third-order valence-electron chi connectivity index (χ3n) is 2.33. The van der Waals surface area contributed by atoms with E-state index in [0.29, 0.717) is 11.5 Å². The minimum atomic E-state index is 0. The summed E-state index contributed by atoms with van der Waals surface area (Å²) in [5, 5.41) is 11.3. The van der Waals surface area contributed by atoms with Crippen molar-refractivity contribution < 1.29 is 14.6 Å². The largest absolute Gasteiger partial charge is 0.508 e. The summed E-state index contributed by atoms with van der Waals surface area (Å²) in [6.45, 7) is 0. The van der Waals surface area contributed by atoms with Gasteiger partial charge in [0.15, 0.2) is 11.5 Å². The Balaban J connectivity index is 0.00000128. The number of phenols is 1. The van der Waals surface area contributed by atoms with Crippen LogP contribution in [0.2, 0.25) is 0 Å². The molecule has 16 heavy (non-hydrogen) atoms. The number of methoxy groups -OCH3 is 2. The fourth-order valence-electron chi connectivity index (χ4n) is 1.56. The summed E-state index contributed by atoms with van der Waals surface area (Å²) in [5.74, 6) is 1.60. The highest BCUT2D eigenvalue weighted by Gasteiger charge is 2.05. The van der Waals surface area contributed by atoms with Gasteiger partial charge in [-0.05, 0) is 35.0 Å². The average Bonchev–Trinajstić information content (AvgIpc) is 2.27. The molecule has 0 bridgehead atoms. The van der Waals surface area contributed by atoms with Crippen molar-refractivity contribution in [3.8, 4) is 17.2 Å². The molecule has 0 aliphatic heterocycles. The van der Waals surface area contributed by atoms with E-state index in [1.54, 1.807) is 26.4 Å². The Bertz CT molecular complexity index is 492. The van der Waals surface area contributed by atoms with Gasteiger partial charge in [0.05, 0.1) is 14.2 Å². The van der Waals surface area contributed by atoms with E-state index in [1.165, 1.54) is 0 Å². The van der Waals surface area contributed by atoms with Gasteiger partial charge in [0.1, 0.15) is 5.75 Å². The molecule has 86 valence electrons. The third kappa shape index (κ3) is 2.03. The van der Waals surface area contributed by atoms with Crippen LogP contribution in [-0.4, -0.2) is 19.3 Å². The Hall–Kier alpha value is -1.90. The van der Waals surface area contributed by atoms with Crippen molar-refractivity contribution >= 4 is 10.8 Å². The molecule has 1 N–H and O–H groups in total. The lowest BCUT2D eigenvalue weighted by atomic mass is 10.1. The van der Waals surface area contributed by atoms with Crippen LogP contribution < -0.4 is 9.47 Å². The second-order valence-corrected chi connectivity index (χ2v) is 3.24. The molecule has 0 aromatic heterocycles. The molecule has 0 heterocycles. The van der Waals surface area contributed by atoms with Crippen molar-refractivity contribution in [1.82, 2.24) is 0 Å². The van der Waals surface area contributed by atoms with Gasteiger partial charge in [0.25, 0.3) is 0 Å². The molecule has 3 nitrogen and oxygen atoms in total. The standard InChI is InChI=1S/C12H12O3.CH4/c1-14-11-6-8-3-4-10(13)5-9(8)7-12(11)15-2;/h3-7,13H,1-2H3;1H4. The first-order valence-electron chi connectivity index (χ1n) is 4.59. The third-order valence-corrected chi connectivity index (χ3v) is 2.33. The van der Waals surface area contributed by atoms with Gasteiger partial charge < -0.3 is 14.6 Å². The summed E-state index contributed by atoms with van der Waals surface area (Å²) in [6.07, 6.45) is 0. The molecular formula is C13H16O3. The number of aromatic hydroxyl groups is 1. The van der Waals surface area contributed by atoms with Gasteiger partial charge >= 0.3 is 0 Å². The predicted molar refractivity (Wildman–Crippen MR) is 65.4 cm³/mol. The van der Waals surface area contributed by atoms with Gasteiger partial charge in [-0.1, -0.05) is 13.5 Å². The van der Waals surface area contributed by atoms with E-state index in [9.17, 15) is 5.11 Å². The Morgan fingerprint density at radius 1 is 0.875 bits per heavy atom. The lowest BCUT2D eigenvalue weighted by Gasteiger charge is -2.09. The second kappa shape index (κ2) is 4.75. The number of phenolic OH excluding ortho intramolecular Hbond substituents is 1. The highest BCUT2D eigenvalue weighted by Crippen LogP contribution is 2.33. The van der Waals surface area contributed by atoms with Crippen LogP contribution in [0, 0.1) is 0 Å². The maximum Gasteiger partial charge on any atom is 0.161 e. The van der Waals surface area contributed by atoms with E-state index >= 15 is 0 Å². The zero-order chi connectivity index (χ0) is 10.8. The SMILES string of the molecule is C.COc1cc2ccc(O)cc2cc1OC. The zero-order valence-corrected chi connectivity index (χ0v) is 8.65. The summed E-state index contributed by atoms with van der Waals surface area (Å²) < 4.78 is 10.4. The van der Waals surface area contributed by atoms with Crippen LogP contribution in [0.5, 0.6) is 17.2 Å². The van der Waals surface area contributed by atoms with Crippen LogP contribution >= 0.6 is 0 Å². The molecule has 2 aromatic carbocycles. The van der Waals surface area contributed by atoms with Crippen molar-refractivity contribution in [2.45, 2.75) is 7.43 Å². The Labute approximate surface area is 95.2 Å². The number of hydrogen-bond acceptors (Lipinski definition) is 3. The second-order valence-electron chi connectivity index (χ2n) is 3.24. The van der Waals surface area contributed by atoms with Gasteiger partial charge in [-0.2, -0.15) is 0 Å². The van der Waals surface area contributed by atoms with Gasteiger partial charge in [0.2, 0.25) is 0 Å². The summed E-state index contributed by atoms with van der Waals surface area (Å²) >= 11 is 0. The molecule has 0 spiro atoms. The molecule has 0 saturated carbocycles. The van der Waals surface area contributed by atoms with Crippen LogP contribution in [0.25, 0.3) is 10.8 Å². The first-order valence-corrected chi connectivity index (χ1v) is 4.59. The van der Waals surface area contributed by atoms with Crippen molar-refractivity contribution in [3.63, 3.8) is 0 Å². The minimum absolute atomic E-state index is 0. The maximum atomic E-state index is 9.35. The Morgan fingerprint density at radius 2 is 1.44 bits per heavy atom. The summed E-state index contributed by atoms with van der Waals surface area (Å²) in [5.41, 5.74) is 0. The topological polar surface area (TPSA) is 38.7 Å². The monoisotopic (exact) mass is 220 g/mol. The van der Waals surface area contributed by atoms with Gasteiger partial charge in [-0.3, -0.25) is 0 Å². The lowest BCUT2D eigenvalue weighted by molar-refractivity contribution is 0.356. The van der Waals surface area contributed by atoms with Crippen molar-refractivity contribution in [2.75, 3.05) is 14.2 Å². The van der Waals surface area contributed by atoms with E-state index < -0.39 is 0 Å². The van der Waals surface area contributed by atoms with Crippen molar-refractivity contribution in [2.24, 2.45) is 0 Å². The highest BCUT2D eigenvalue weighted by atomic mass is 16.5. The van der Waals surface area contributed by atoms with Crippen LogP contribution in [0.4, 0.5) is 0 Å². The van der Waals surface area contributed by atoms with E-state index in [4.69, 9.17) is 9.47 Å². The molecule has 0 amide bonds. The first-order chi connectivity index (χ1) is 7.24. The maximum absolute atomic E-state index is 9.35. The van der Waals surface area contributed by atoms with Crippen LogP contribution in [0.3, 0.4) is 0 Å². The molecule has 2 rings (SSSR count). The van der Waals surface area contributed by atoms with Gasteiger partial charge in [-0.25, -0.2) is 0 Å². The smallest absolute Gasteiger partial charge is 0.161 e. The number of rotatable bonds is 2. The molecule has 3 heteroatoms. The summed E-state index contributed by atoms with van der Waals surface area (Å²) in [4.78, 5) is 0. The fourth-order valence-corrected chi connectivity index (χ4v) is 1.56. The number of benzene rings is 2. The normalized spacial score (nSPS) is 9.62. The Kier molecular flexibility index (Phi) is 3.61. The quantitative estimate of drug-likeness (QED) is 0.844. The highest BCUT2D eigenvalue weighted by molar-refractivity contribution is 5.87. The van der Waals surface area contributed by atoms with Crippen LogP contribution in [-0.2, 0) is 0 Å². The molecule has 0 aliphatic rings. The van der Waals surface area contributed by atoms with Gasteiger partial charge in [-0.15, -0.1) is 0 Å². The zero-order valence-electron chi connectivity index (χ0n) is 8.65. The number of ether oxygens (including phenoxy) is 2. The molecule has 0 fully saturated rings. The van der Waals surface area contributed by atoms with Crippen molar-refractivity contribution in [3.05, 3.63) is 30.3 Å². The van der Waals surface area contributed by atoms with Gasteiger partial charge in [0, 0.05) is 0 Å². The Morgan fingerprint density at radius 3 is 2.00 bits per heavy atom. The lowest BCUT2D eigenvalue weighted by Crippen LogP contribution is -1.90. The molecule has 2 aromatic rings. The number of fused-ring (bicyclic) bond motifs is 1. The predicted octanol–water partition coefficient (Wildman–Crippen LogP) is 3.20. The summed E-state index contributed by atoms with van der Waals surface area (Å²) in [6, 6.07) is 8.90. The van der Waals surface area contributed by atoms with Crippen LogP contribution in [0.1, 0.15) is 7.43 Å². The molecular weight excluding hydrogens is 204 g/mol. The minimum Gasteiger partial charge on any atom is -0.508 e. The molecule has 0 saturated heterocycles. The average molecular weight is 220 g/mol. The van der Waals surface area contributed by atoms with Crippen molar-refractivity contribution in [1.29, 1.82) is 0 Å². The number of hydrogen-bond donors (Lipinski definition) is 1.